The lowest BCUT2D eigenvalue weighted by Gasteiger charge is -2.11. The first-order chi connectivity index (χ1) is 10.7. The molecule has 1 N–H and O–H groups in total. The number of nitrogens with zero attached hydrogens (tertiary/aromatic N) is 2. The van der Waals surface area contributed by atoms with E-state index < -0.39 is 0 Å². The van der Waals surface area contributed by atoms with Crippen molar-refractivity contribution in [2.75, 3.05) is 6.54 Å². The third kappa shape index (κ3) is 3.39. The van der Waals surface area contributed by atoms with Gasteiger partial charge in [-0.2, -0.15) is 0 Å². The summed E-state index contributed by atoms with van der Waals surface area (Å²) in [5.41, 5.74) is 0.960. The second-order valence-corrected chi connectivity index (χ2v) is 5.74. The molecule has 1 atom stereocenters. The fourth-order valence-electron chi connectivity index (χ4n) is 2.68. The van der Waals surface area contributed by atoms with Crippen LogP contribution in [0.1, 0.15) is 37.4 Å². The highest BCUT2D eigenvalue weighted by molar-refractivity contribution is 5.77. The van der Waals surface area contributed by atoms with Gasteiger partial charge in [-0.1, -0.05) is 18.2 Å². The summed E-state index contributed by atoms with van der Waals surface area (Å²) in [4.78, 5) is 4.24. The van der Waals surface area contributed by atoms with Gasteiger partial charge in [0.2, 0.25) is 0 Å². The smallest absolute Gasteiger partial charge is 0.134 e. The summed E-state index contributed by atoms with van der Waals surface area (Å²) < 4.78 is 8.08. The number of furan rings is 1. The number of fused-ring (bicyclic) bond motifs is 1. The largest absolute Gasteiger partial charge is 0.459 e. The highest BCUT2D eigenvalue weighted by atomic mass is 16.3. The number of unbranched alkanes of at least 4 members (excludes halogenated alkanes) is 1. The Morgan fingerprint density at radius 3 is 2.91 bits per heavy atom. The molecule has 0 bridgehead atoms. The van der Waals surface area contributed by atoms with Crippen molar-refractivity contribution >= 4 is 11.0 Å². The number of aromatic nitrogens is 2. The first-order valence-corrected chi connectivity index (χ1v) is 7.93. The molecule has 0 spiro atoms. The van der Waals surface area contributed by atoms with E-state index in [2.05, 4.69) is 33.9 Å². The highest BCUT2D eigenvalue weighted by Crippen LogP contribution is 2.23. The number of para-hydroxylation sites is 1. The van der Waals surface area contributed by atoms with E-state index in [4.69, 9.17) is 4.42 Å². The Morgan fingerprint density at radius 1 is 1.27 bits per heavy atom. The summed E-state index contributed by atoms with van der Waals surface area (Å²) in [5, 5.41) is 4.70. The van der Waals surface area contributed by atoms with Crippen LogP contribution in [0.5, 0.6) is 0 Å². The zero-order chi connectivity index (χ0) is 15.4. The zero-order valence-corrected chi connectivity index (χ0v) is 13.2. The van der Waals surface area contributed by atoms with Gasteiger partial charge < -0.3 is 14.3 Å². The van der Waals surface area contributed by atoms with E-state index in [1.54, 1.807) is 0 Å². The average molecular weight is 297 g/mol. The van der Waals surface area contributed by atoms with Gasteiger partial charge in [-0.05, 0) is 45.4 Å². The van der Waals surface area contributed by atoms with Crippen molar-refractivity contribution in [3.63, 3.8) is 0 Å². The number of imidazole rings is 1. The maximum absolute atomic E-state index is 5.89. The lowest BCUT2D eigenvalue weighted by atomic mass is 10.2. The molecule has 3 rings (SSSR count). The van der Waals surface area contributed by atoms with Crippen LogP contribution in [0.2, 0.25) is 0 Å². The number of nitrogens with one attached hydrogen (secondary N) is 1. The van der Waals surface area contributed by atoms with Crippen molar-refractivity contribution in [1.29, 1.82) is 0 Å². The Bertz CT molecular complexity index is 696. The van der Waals surface area contributed by atoms with Crippen molar-refractivity contribution < 1.29 is 4.42 Å². The van der Waals surface area contributed by atoms with E-state index in [1.807, 2.05) is 37.5 Å². The summed E-state index contributed by atoms with van der Waals surface area (Å²) in [6.45, 7) is 6.22. The first-order valence-electron chi connectivity index (χ1n) is 7.93. The molecule has 2 heterocycles. The SMILES string of the molecule is Cc1nccn1CCCCNC(C)c1cc2ccccc2o1. The van der Waals surface area contributed by atoms with Crippen LogP contribution >= 0.6 is 0 Å². The van der Waals surface area contributed by atoms with Crippen LogP contribution in [0.3, 0.4) is 0 Å². The van der Waals surface area contributed by atoms with Crippen LogP contribution in [0.4, 0.5) is 0 Å². The zero-order valence-electron chi connectivity index (χ0n) is 13.2. The van der Waals surface area contributed by atoms with Gasteiger partial charge >= 0.3 is 0 Å². The van der Waals surface area contributed by atoms with Gasteiger partial charge in [0.1, 0.15) is 17.2 Å². The summed E-state index contributed by atoms with van der Waals surface area (Å²) in [6, 6.07) is 10.5. The molecule has 0 amide bonds. The van der Waals surface area contributed by atoms with E-state index in [0.717, 1.165) is 43.1 Å². The van der Waals surface area contributed by atoms with Crippen LogP contribution in [-0.4, -0.2) is 16.1 Å². The second kappa shape index (κ2) is 6.79. The lowest BCUT2D eigenvalue weighted by molar-refractivity contribution is 0.441. The Kier molecular flexibility index (Phi) is 4.59. The Balaban J connectivity index is 1.44. The van der Waals surface area contributed by atoms with Gasteiger partial charge in [-0.25, -0.2) is 4.98 Å². The van der Waals surface area contributed by atoms with E-state index in [9.17, 15) is 0 Å². The van der Waals surface area contributed by atoms with Gasteiger partial charge in [0, 0.05) is 24.3 Å². The Hall–Kier alpha value is -2.07. The standard InChI is InChI=1S/C18H23N3O/c1-14(18-13-16-7-3-4-8-17(16)22-18)19-9-5-6-11-21-12-10-20-15(21)2/h3-4,7-8,10,12-14,19H,5-6,9,11H2,1-2H3. The molecule has 22 heavy (non-hydrogen) atoms. The van der Waals surface area contributed by atoms with E-state index in [-0.39, 0.29) is 6.04 Å². The van der Waals surface area contributed by atoms with Crippen LogP contribution in [-0.2, 0) is 6.54 Å². The maximum atomic E-state index is 5.89. The number of rotatable bonds is 7. The van der Waals surface area contributed by atoms with Crippen molar-refractivity contribution in [2.24, 2.45) is 0 Å². The van der Waals surface area contributed by atoms with E-state index in [0.29, 0.717) is 0 Å². The molecule has 2 aromatic heterocycles. The quantitative estimate of drug-likeness (QED) is 0.668. The molecule has 0 aliphatic carbocycles. The molecule has 1 aromatic carbocycles. The number of benzene rings is 1. The second-order valence-electron chi connectivity index (χ2n) is 5.74. The predicted molar refractivity (Wildman–Crippen MR) is 88.8 cm³/mol. The van der Waals surface area contributed by atoms with E-state index >= 15 is 0 Å². The number of hydrogen-bond donors (Lipinski definition) is 1. The van der Waals surface area contributed by atoms with Gasteiger partial charge in [-0.15, -0.1) is 0 Å². The van der Waals surface area contributed by atoms with Crippen molar-refractivity contribution in [3.8, 4) is 0 Å². The Morgan fingerprint density at radius 2 is 2.14 bits per heavy atom. The average Bonchev–Trinajstić information content (AvgIpc) is 3.13. The molecular weight excluding hydrogens is 274 g/mol. The molecule has 0 saturated carbocycles. The molecule has 4 heteroatoms. The molecule has 0 aliphatic rings. The van der Waals surface area contributed by atoms with Gasteiger partial charge in [0.15, 0.2) is 0 Å². The summed E-state index contributed by atoms with van der Waals surface area (Å²) >= 11 is 0. The normalized spacial score (nSPS) is 12.8. The minimum Gasteiger partial charge on any atom is -0.459 e. The van der Waals surface area contributed by atoms with Crippen molar-refractivity contribution in [2.45, 2.75) is 39.3 Å². The first kappa shape index (κ1) is 14.9. The number of hydrogen-bond acceptors (Lipinski definition) is 3. The lowest BCUT2D eigenvalue weighted by Crippen LogP contribution is -2.19. The molecule has 116 valence electrons. The molecule has 4 nitrogen and oxygen atoms in total. The fourth-order valence-corrected chi connectivity index (χ4v) is 2.68. The third-order valence-corrected chi connectivity index (χ3v) is 4.07. The maximum Gasteiger partial charge on any atom is 0.134 e. The van der Waals surface area contributed by atoms with Crippen LogP contribution in [0.15, 0.2) is 47.1 Å². The molecule has 0 saturated heterocycles. The molecule has 0 radical (unpaired) electrons. The minimum absolute atomic E-state index is 0.238. The molecular formula is C18H23N3O. The van der Waals surface area contributed by atoms with Gasteiger partial charge in [0.25, 0.3) is 0 Å². The molecule has 1 unspecified atom stereocenters. The van der Waals surface area contributed by atoms with Crippen LogP contribution < -0.4 is 5.32 Å². The Labute approximate surface area is 131 Å². The monoisotopic (exact) mass is 297 g/mol. The molecule has 0 fully saturated rings. The third-order valence-electron chi connectivity index (χ3n) is 4.07. The molecule has 0 aliphatic heterocycles. The topological polar surface area (TPSA) is 43.0 Å². The van der Waals surface area contributed by atoms with E-state index in [1.165, 1.54) is 5.39 Å². The highest BCUT2D eigenvalue weighted by Gasteiger charge is 2.10. The van der Waals surface area contributed by atoms with Crippen LogP contribution in [0, 0.1) is 6.92 Å². The molecule has 3 aromatic rings. The van der Waals surface area contributed by atoms with Gasteiger partial charge in [0.05, 0.1) is 6.04 Å². The van der Waals surface area contributed by atoms with Crippen molar-refractivity contribution in [3.05, 3.63) is 54.3 Å². The minimum atomic E-state index is 0.238. The van der Waals surface area contributed by atoms with Gasteiger partial charge in [-0.3, -0.25) is 0 Å². The predicted octanol–water partition coefficient (Wildman–Crippen LogP) is 4.07. The summed E-state index contributed by atoms with van der Waals surface area (Å²) in [5.74, 6) is 2.09. The summed E-state index contributed by atoms with van der Waals surface area (Å²) in [6.07, 6.45) is 6.19. The van der Waals surface area contributed by atoms with Crippen molar-refractivity contribution in [1.82, 2.24) is 14.9 Å². The number of aryl methyl sites for hydroxylation is 2. The van der Waals surface area contributed by atoms with Crippen LogP contribution in [0.25, 0.3) is 11.0 Å². The fraction of sp³-hybridized carbons (Fsp3) is 0.389. The summed E-state index contributed by atoms with van der Waals surface area (Å²) in [7, 11) is 0.